The predicted octanol–water partition coefficient (Wildman–Crippen LogP) is 2.07. The summed E-state index contributed by atoms with van der Waals surface area (Å²) in [6.07, 6.45) is 0. The molecule has 1 amide bonds. The fourth-order valence-electron chi connectivity index (χ4n) is 3.62. The summed E-state index contributed by atoms with van der Waals surface area (Å²) in [6, 6.07) is 15.1. The van der Waals surface area contributed by atoms with Crippen molar-refractivity contribution in [1.29, 1.82) is 0 Å². The van der Waals surface area contributed by atoms with E-state index in [0.717, 1.165) is 5.56 Å². The third-order valence-electron chi connectivity index (χ3n) is 5.20. The summed E-state index contributed by atoms with van der Waals surface area (Å²) in [6.45, 7) is 3.91. The van der Waals surface area contributed by atoms with Gasteiger partial charge in [0.2, 0.25) is 15.9 Å². The van der Waals surface area contributed by atoms with E-state index in [1.165, 1.54) is 12.1 Å². The molecule has 0 spiro atoms. The minimum atomic E-state index is -3.74. The van der Waals surface area contributed by atoms with Gasteiger partial charge in [-0.3, -0.25) is 9.59 Å². The molecule has 2 atom stereocenters. The molecule has 1 aliphatic carbocycles. The minimum absolute atomic E-state index is 0.0409. The quantitative estimate of drug-likeness (QED) is 0.741. The molecule has 1 aliphatic rings. The van der Waals surface area contributed by atoms with Gasteiger partial charge >= 0.3 is 0 Å². The van der Waals surface area contributed by atoms with Gasteiger partial charge in [0.05, 0.1) is 17.4 Å². The molecule has 3 N–H and O–H groups in total. The Kier molecular flexibility index (Phi) is 4.92. The van der Waals surface area contributed by atoms with Crippen molar-refractivity contribution in [3.63, 3.8) is 0 Å². The zero-order valence-electron chi connectivity index (χ0n) is 15.2. The lowest BCUT2D eigenvalue weighted by Crippen LogP contribution is -2.32. The van der Waals surface area contributed by atoms with Crippen LogP contribution in [0.3, 0.4) is 0 Å². The highest BCUT2D eigenvalue weighted by atomic mass is 32.2. The Labute approximate surface area is 158 Å². The lowest BCUT2D eigenvalue weighted by atomic mass is 10.0. The molecule has 0 radical (unpaired) electrons. The van der Waals surface area contributed by atoms with Crippen LogP contribution in [0.25, 0.3) is 0 Å². The van der Waals surface area contributed by atoms with Gasteiger partial charge in [-0.1, -0.05) is 56.3 Å². The molecule has 0 bridgehead atoms. The minimum Gasteiger partial charge on any atom is -0.348 e. The summed E-state index contributed by atoms with van der Waals surface area (Å²) in [7, 11) is -3.74. The van der Waals surface area contributed by atoms with E-state index in [1.54, 1.807) is 36.4 Å². The summed E-state index contributed by atoms with van der Waals surface area (Å²) in [5.41, 5.74) is 1.16. The summed E-state index contributed by atoms with van der Waals surface area (Å²) in [5, 5.41) is 7.85. The van der Waals surface area contributed by atoms with Crippen molar-refractivity contribution >= 4 is 21.7 Å². The van der Waals surface area contributed by atoms with Crippen molar-refractivity contribution in [2.24, 2.45) is 16.5 Å². The molecule has 0 saturated heterocycles. The highest BCUT2D eigenvalue weighted by Gasteiger charge is 2.62. The Hall–Kier alpha value is -2.51. The second-order valence-electron chi connectivity index (χ2n) is 7.40. The van der Waals surface area contributed by atoms with E-state index in [4.69, 9.17) is 5.14 Å². The largest absolute Gasteiger partial charge is 0.348 e. The van der Waals surface area contributed by atoms with Crippen molar-refractivity contribution in [2.45, 2.75) is 24.7 Å². The number of amides is 1. The number of primary sulfonamides is 1. The van der Waals surface area contributed by atoms with Gasteiger partial charge in [-0.15, -0.1) is 0 Å². The van der Waals surface area contributed by atoms with Crippen molar-refractivity contribution < 1.29 is 18.0 Å². The third-order valence-corrected chi connectivity index (χ3v) is 6.13. The molecule has 2 aromatic carbocycles. The molecular weight excluding hydrogens is 364 g/mol. The Bertz CT molecular complexity index is 967. The smallest absolute Gasteiger partial charge is 0.238 e. The maximum atomic E-state index is 12.6. The fraction of sp³-hybridized carbons (Fsp3) is 0.300. The average Bonchev–Trinajstić information content (AvgIpc) is 3.21. The second-order valence-corrected chi connectivity index (χ2v) is 8.96. The normalized spacial score (nSPS) is 20.7. The van der Waals surface area contributed by atoms with E-state index >= 15 is 0 Å². The van der Waals surface area contributed by atoms with E-state index in [2.05, 4.69) is 5.32 Å². The van der Waals surface area contributed by atoms with Crippen LogP contribution in [0.5, 0.6) is 0 Å². The number of rotatable bonds is 6. The zero-order valence-corrected chi connectivity index (χ0v) is 16.0. The first-order valence-corrected chi connectivity index (χ1v) is 10.2. The Morgan fingerprint density at radius 3 is 2.19 bits per heavy atom. The van der Waals surface area contributed by atoms with Crippen LogP contribution >= 0.6 is 0 Å². The van der Waals surface area contributed by atoms with Gasteiger partial charge in [0, 0.05) is 11.5 Å². The summed E-state index contributed by atoms with van der Waals surface area (Å²) in [5.74, 6) is -0.637. The van der Waals surface area contributed by atoms with Crippen molar-refractivity contribution in [1.82, 2.24) is 5.32 Å². The SMILES string of the molecule is CC1(C)[C@@H](C(=O)NCC(=O)c2ccccc2)[C@@H]1c1ccc(S(N)(=O)=O)cc1. The fourth-order valence-corrected chi connectivity index (χ4v) is 4.13. The van der Waals surface area contributed by atoms with Crippen LogP contribution in [0, 0.1) is 11.3 Å². The van der Waals surface area contributed by atoms with Gasteiger partial charge < -0.3 is 5.32 Å². The van der Waals surface area contributed by atoms with Crippen molar-refractivity contribution in [3.05, 3.63) is 65.7 Å². The van der Waals surface area contributed by atoms with Crippen LogP contribution in [0.4, 0.5) is 0 Å². The third kappa shape index (κ3) is 3.94. The number of nitrogens with one attached hydrogen (secondary N) is 1. The molecule has 0 aromatic heterocycles. The van der Waals surface area contributed by atoms with Gasteiger partial charge in [0.15, 0.2) is 5.78 Å². The highest BCUT2D eigenvalue weighted by molar-refractivity contribution is 7.89. The lowest BCUT2D eigenvalue weighted by Gasteiger charge is -2.05. The Morgan fingerprint density at radius 1 is 1.04 bits per heavy atom. The van der Waals surface area contributed by atoms with Crippen LogP contribution in [-0.4, -0.2) is 26.7 Å². The molecule has 2 aromatic rings. The van der Waals surface area contributed by atoms with Gasteiger partial charge in [-0.2, -0.15) is 0 Å². The van der Waals surface area contributed by atoms with Gasteiger partial charge in [0.1, 0.15) is 0 Å². The van der Waals surface area contributed by atoms with E-state index in [1.807, 2.05) is 19.9 Å². The number of nitrogens with two attached hydrogens (primary N) is 1. The predicted molar refractivity (Wildman–Crippen MR) is 102 cm³/mol. The van der Waals surface area contributed by atoms with Crippen molar-refractivity contribution in [2.75, 3.05) is 6.54 Å². The summed E-state index contributed by atoms with van der Waals surface area (Å²) in [4.78, 5) is 24.8. The van der Waals surface area contributed by atoms with Gasteiger partial charge in [0.25, 0.3) is 0 Å². The summed E-state index contributed by atoms with van der Waals surface area (Å²) >= 11 is 0. The first-order chi connectivity index (χ1) is 12.6. The van der Waals surface area contributed by atoms with Gasteiger partial charge in [-0.25, -0.2) is 13.6 Å². The molecule has 0 aliphatic heterocycles. The summed E-state index contributed by atoms with van der Waals surface area (Å²) < 4.78 is 22.8. The van der Waals surface area contributed by atoms with Crippen LogP contribution < -0.4 is 10.5 Å². The van der Waals surface area contributed by atoms with Crippen LogP contribution in [-0.2, 0) is 14.8 Å². The standard InChI is InChI=1S/C20H22N2O4S/c1-20(2)17(14-8-10-15(11-9-14)27(21,25)26)18(20)19(24)22-12-16(23)13-6-4-3-5-7-13/h3-11,17-18H,12H2,1-2H3,(H,22,24)(H2,21,25,26)/t17-,18+/m0/s1. The zero-order chi connectivity index (χ0) is 19.8. The number of Topliss-reactive ketones (excluding diaryl/α,β-unsaturated/α-hetero) is 1. The number of hydrogen-bond donors (Lipinski definition) is 2. The number of hydrogen-bond acceptors (Lipinski definition) is 4. The molecule has 7 heteroatoms. The van der Waals surface area contributed by atoms with E-state index in [0.29, 0.717) is 5.56 Å². The molecule has 27 heavy (non-hydrogen) atoms. The van der Waals surface area contributed by atoms with Crippen LogP contribution in [0.2, 0.25) is 0 Å². The number of benzene rings is 2. The number of ketones is 1. The first kappa shape index (κ1) is 19.3. The maximum Gasteiger partial charge on any atom is 0.238 e. The monoisotopic (exact) mass is 386 g/mol. The van der Waals surface area contributed by atoms with Crippen LogP contribution in [0.1, 0.15) is 35.7 Å². The van der Waals surface area contributed by atoms with E-state index in [-0.39, 0.29) is 40.4 Å². The molecule has 142 valence electrons. The Balaban J connectivity index is 1.66. The molecule has 1 fully saturated rings. The molecule has 3 rings (SSSR count). The number of carbonyl (C=O) groups is 2. The van der Waals surface area contributed by atoms with E-state index < -0.39 is 10.0 Å². The molecule has 1 saturated carbocycles. The highest BCUT2D eigenvalue weighted by Crippen LogP contribution is 2.64. The number of sulfonamides is 1. The maximum absolute atomic E-state index is 12.6. The Morgan fingerprint density at radius 2 is 1.63 bits per heavy atom. The van der Waals surface area contributed by atoms with Gasteiger partial charge in [-0.05, 0) is 23.1 Å². The van der Waals surface area contributed by atoms with Crippen molar-refractivity contribution in [3.8, 4) is 0 Å². The second kappa shape index (κ2) is 6.90. The molecule has 0 heterocycles. The topological polar surface area (TPSA) is 106 Å². The average molecular weight is 386 g/mol. The van der Waals surface area contributed by atoms with Crippen LogP contribution in [0.15, 0.2) is 59.5 Å². The molecular formula is C20H22N2O4S. The number of carbonyl (C=O) groups excluding carboxylic acids is 2. The molecule has 6 nitrogen and oxygen atoms in total. The molecule has 0 unspecified atom stereocenters. The van der Waals surface area contributed by atoms with E-state index in [9.17, 15) is 18.0 Å². The first-order valence-electron chi connectivity index (χ1n) is 8.61. The lowest BCUT2D eigenvalue weighted by molar-refractivity contribution is -0.122.